The van der Waals surface area contributed by atoms with Crippen LogP contribution in [0.3, 0.4) is 0 Å². The molecule has 0 spiro atoms. The van der Waals surface area contributed by atoms with Gasteiger partial charge in [0.15, 0.2) is 0 Å². The fourth-order valence-electron chi connectivity index (χ4n) is 1.45. The summed E-state index contributed by atoms with van der Waals surface area (Å²) in [5.41, 5.74) is 0. The summed E-state index contributed by atoms with van der Waals surface area (Å²) in [6.45, 7) is 3.84. The third-order valence-electron chi connectivity index (χ3n) is 2.55. The molecule has 0 saturated carbocycles. The Morgan fingerprint density at radius 3 is 2.63 bits per heavy atom. The Kier molecular flexibility index (Phi) is 6.25. The first kappa shape index (κ1) is 16.4. The van der Waals surface area contributed by atoms with Gasteiger partial charge >= 0.3 is 0 Å². The van der Waals surface area contributed by atoms with Crippen LogP contribution >= 0.6 is 15.9 Å². The van der Waals surface area contributed by atoms with Gasteiger partial charge in [-0.05, 0) is 41.4 Å². The van der Waals surface area contributed by atoms with Crippen LogP contribution in [0, 0.1) is 0 Å². The molecule has 0 unspecified atom stereocenters. The summed E-state index contributed by atoms with van der Waals surface area (Å²) in [5.74, 6) is 0.474. The Labute approximate surface area is 122 Å². The summed E-state index contributed by atoms with van der Waals surface area (Å²) in [4.78, 5) is 0.117. The third kappa shape index (κ3) is 4.45. The fourth-order valence-corrected chi connectivity index (χ4v) is 3.14. The van der Waals surface area contributed by atoms with Crippen LogP contribution in [0.5, 0.6) is 5.75 Å². The van der Waals surface area contributed by atoms with Gasteiger partial charge in [-0.25, -0.2) is 13.1 Å². The van der Waals surface area contributed by atoms with Gasteiger partial charge in [0.1, 0.15) is 5.75 Å². The lowest BCUT2D eigenvalue weighted by atomic mass is 10.3. The second kappa shape index (κ2) is 7.23. The highest BCUT2D eigenvalue weighted by Crippen LogP contribution is 2.28. The third-order valence-corrected chi connectivity index (χ3v) is 4.72. The van der Waals surface area contributed by atoms with Crippen LogP contribution in [0.4, 0.5) is 0 Å². The molecule has 0 amide bonds. The van der Waals surface area contributed by atoms with Crippen LogP contribution in [0.15, 0.2) is 27.6 Å². The largest absolute Gasteiger partial charge is 0.493 e. The molecule has 1 atom stereocenters. The Bertz CT molecular complexity index is 514. The second-order valence-corrected chi connectivity index (χ2v) is 6.50. The van der Waals surface area contributed by atoms with E-state index in [1.807, 2.05) is 6.92 Å². The molecule has 5 nitrogen and oxygen atoms in total. The normalized spacial score (nSPS) is 13.3. The Morgan fingerprint density at radius 2 is 2.11 bits per heavy atom. The summed E-state index contributed by atoms with van der Waals surface area (Å²) in [6, 6.07) is 4.09. The van der Waals surface area contributed by atoms with Crippen molar-refractivity contribution in [3.05, 3.63) is 22.7 Å². The van der Waals surface area contributed by atoms with E-state index in [-0.39, 0.29) is 11.5 Å². The van der Waals surface area contributed by atoms with Crippen LogP contribution < -0.4 is 9.46 Å². The predicted molar refractivity (Wildman–Crippen MR) is 76.8 cm³/mol. The number of ether oxygens (including phenoxy) is 1. The number of benzene rings is 1. The maximum atomic E-state index is 12.1. The van der Waals surface area contributed by atoms with E-state index in [0.717, 1.165) is 0 Å². The van der Waals surface area contributed by atoms with Gasteiger partial charge in [-0.1, -0.05) is 6.92 Å². The number of aliphatic hydroxyl groups is 1. The Hall–Kier alpha value is -0.630. The molecule has 1 rings (SSSR count). The molecule has 1 aromatic carbocycles. The van der Waals surface area contributed by atoms with Crippen molar-refractivity contribution >= 4 is 26.0 Å². The number of halogens is 1. The van der Waals surface area contributed by atoms with Gasteiger partial charge in [-0.15, -0.1) is 0 Å². The van der Waals surface area contributed by atoms with E-state index in [9.17, 15) is 8.42 Å². The fraction of sp³-hybridized carbons (Fsp3) is 0.500. The average Bonchev–Trinajstić information content (AvgIpc) is 2.38. The highest BCUT2D eigenvalue weighted by Gasteiger charge is 2.19. The average molecular weight is 352 g/mol. The van der Waals surface area contributed by atoms with Crippen LogP contribution in [0.2, 0.25) is 0 Å². The van der Waals surface area contributed by atoms with Crippen molar-refractivity contribution in [1.82, 2.24) is 4.72 Å². The maximum absolute atomic E-state index is 12.1. The van der Waals surface area contributed by atoms with Crippen molar-refractivity contribution in [2.75, 3.05) is 13.2 Å². The molecular formula is C12H18BrNO4S. The second-order valence-electron chi connectivity index (χ2n) is 3.93. The lowest BCUT2D eigenvalue weighted by molar-refractivity contribution is 0.254. The number of rotatable bonds is 7. The minimum Gasteiger partial charge on any atom is -0.493 e. The number of sulfonamides is 1. The highest BCUT2D eigenvalue weighted by atomic mass is 79.9. The molecule has 2 N–H and O–H groups in total. The van der Waals surface area contributed by atoms with E-state index >= 15 is 0 Å². The van der Waals surface area contributed by atoms with E-state index in [4.69, 9.17) is 9.84 Å². The minimum absolute atomic E-state index is 0.117. The van der Waals surface area contributed by atoms with Crippen molar-refractivity contribution in [3.63, 3.8) is 0 Å². The molecule has 0 heterocycles. The first-order valence-corrected chi connectivity index (χ1v) is 8.27. The zero-order valence-electron chi connectivity index (χ0n) is 10.9. The van der Waals surface area contributed by atoms with Crippen molar-refractivity contribution in [3.8, 4) is 5.75 Å². The van der Waals surface area contributed by atoms with Gasteiger partial charge in [0.2, 0.25) is 10.0 Å². The van der Waals surface area contributed by atoms with Crippen LogP contribution in [-0.2, 0) is 10.0 Å². The van der Waals surface area contributed by atoms with E-state index in [1.54, 1.807) is 13.0 Å². The molecule has 0 aliphatic carbocycles. The van der Waals surface area contributed by atoms with E-state index in [1.165, 1.54) is 12.1 Å². The monoisotopic (exact) mass is 351 g/mol. The molecule has 0 aromatic heterocycles. The summed E-state index contributed by atoms with van der Waals surface area (Å²) < 4.78 is 32.8. The zero-order chi connectivity index (χ0) is 14.5. The summed E-state index contributed by atoms with van der Waals surface area (Å²) >= 11 is 3.30. The molecule has 0 aliphatic rings. The van der Waals surface area contributed by atoms with Crippen molar-refractivity contribution in [2.24, 2.45) is 0 Å². The van der Waals surface area contributed by atoms with Crippen molar-refractivity contribution in [1.29, 1.82) is 0 Å². The predicted octanol–water partition coefficient (Wildman–Crippen LogP) is 1.90. The zero-order valence-corrected chi connectivity index (χ0v) is 13.3. The van der Waals surface area contributed by atoms with Crippen molar-refractivity contribution < 1.29 is 18.3 Å². The lowest BCUT2D eigenvalue weighted by Crippen LogP contribution is -2.36. The van der Waals surface area contributed by atoms with Crippen LogP contribution in [-0.4, -0.2) is 32.8 Å². The smallest absolute Gasteiger partial charge is 0.241 e. The van der Waals surface area contributed by atoms with E-state index < -0.39 is 16.1 Å². The summed E-state index contributed by atoms with van der Waals surface area (Å²) in [5, 5.41) is 9.06. The van der Waals surface area contributed by atoms with Crippen LogP contribution in [0.25, 0.3) is 0 Å². The number of hydrogen-bond acceptors (Lipinski definition) is 4. The Balaban J connectivity index is 3.04. The quantitative estimate of drug-likeness (QED) is 0.786. The molecule has 7 heteroatoms. The minimum atomic E-state index is -3.65. The summed E-state index contributed by atoms with van der Waals surface area (Å²) in [7, 11) is -3.65. The van der Waals surface area contributed by atoms with E-state index in [2.05, 4.69) is 20.7 Å². The number of aliphatic hydroxyl groups excluding tert-OH is 1. The van der Waals surface area contributed by atoms with Gasteiger partial charge in [0.25, 0.3) is 0 Å². The Morgan fingerprint density at radius 1 is 1.42 bits per heavy atom. The SMILES string of the molecule is CCOc1cc(S(=O)(=O)N[C@@H](CC)CO)ccc1Br. The van der Waals surface area contributed by atoms with Crippen molar-refractivity contribution in [2.45, 2.75) is 31.2 Å². The first-order chi connectivity index (χ1) is 8.94. The highest BCUT2D eigenvalue weighted by molar-refractivity contribution is 9.10. The topological polar surface area (TPSA) is 75.6 Å². The molecule has 0 aliphatic heterocycles. The van der Waals surface area contributed by atoms with Gasteiger partial charge in [0, 0.05) is 12.1 Å². The first-order valence-electron chi connectivity index (χ1n) is 6.00. The van der Waals surface area contributed by atoms with Gasteiger partial charge in [-0.3, -0.25) is 0 Å². The standard InChI is InChI=1S/C12H18BrNO4S/c1-3-9(8-15)14-19(16,17)10-5-6-11(13)12(7-10)18-4-2/h5-7,9,14-15H,3-4,8H2,1-2H3/t9-/m0/s1. The lowest BCUT2D eigenvalue weighted by Gasteiger charge is -2.15. The molecular weight excluding hydrogens is 334 g/mol. The number of nitrogens with one attached hydrogen (secondary N) is 1. The molecule has 19 heavy (non-hydrogen) atoms. The number of hydrogen-bond donors (Lipinski definition) is 2. The van der Waals surface area contributed by atoms with Gasteiger partial charge in [-0.2, -0.15) is 0 Å². The molecule has 0 fully saturated rings. The molecule has 0 bridgehead atoms. The maximum Gasteiger partial charge on any atom is 0.241 e. The molecule has 1 aromatic rings. The molecule has 0 saturated heterocycles. The molecule has 108 valence electrons. The van der Waals surface area contributed by atoms with E-state index in [0.29, 0.717) is 23.2 Å². The molecule has 0 radical (unpaired) electrons. The van der Waals surface area contributed by atoms with Gasteiger partial charge in [0.05, 0.1) is 22.6 Å². The van der Waals surface area contributed by atoms with Gasteiger partial charge < -0.3 is 9.84 Å². The summed E-state index contributed by atoms with van der Waals surface area (Å²) in [6.07, 6.45) is 0.518. The van der Waals surface area contributed by atoms with Crippen LogP contribution in [0.1, 0.15) is 20.3 Å².